The van der Waals surface area contributed by atoms with Crippen molar-refractivity contribution in [1.29, 1.82) is 0 Å². The van der Waals surface area contributed by atoms with E-state index in [0.29, 0.717) is 4.90 Å². The molecule has 3 unspecified atom stereocenters. The van der Waals surface area contributed by atoms with Crippen molar-refractivity contribution >= 4 is 27.8 Å². The van der Waals surface area contributed by atoms with Gasteiger partial charge >= 0.3 is 0 Å². The molecule has 4 nitrogen and oxygen atoms in total. The second-order valence-corrected chi connectivity index (χ2v) is 20.1. The largest absolute Gasteiger partial charge is 0.290 e. The summed E-state index contributed by atoms with van der Waals surface area (Å²) >= 11 is 0. The van der Waals surface area contributed by atoms with Gasteiger partial charge in [-0.2, -0.15) is 8.42 Å². The van der Waals surface area contributed by atoms with E-state index in [9.17, 15) is 8.42 Å². The fourth-order valence-corrected chi connectivity index (χ4v) is 15.3. The van der Waals surface area contributed by atoms with Gasteiger partial charge in [0.1, 0.15) is 0 Å². The van der Waals surface area contributed by atoms with E-state index in [2.05, 4.69) is 49.4 Å². The molecule has 0 spiro atoms. The summed E-state index contributed by atoms with van der Waals surface area (Å²) in [4.78, 5) is 0.113. The molecule has 0 aliphatic rings. The maximum Gasteiger partial charge on any atom is 0.290 e. The molecule has 3 atom stereocenters. The second-order valence-electron chi connectivity index (χ2n) is 10.2. The van der Waals surface area contributed by atoms with Crippen LogP contribution >= 0.6 is 0 Å². The number of benzene rings is 3. The van der Waals surface area contributed by atoms with Gasteiger partial charge in [-0.25, -0.2) is 4.21 Å². The monoisotopic (exact) mass is 513 g/mol. The van der Waals surface area contributed by atoms with E-state index in [1.165, 1.54) is 0 Å². The third kappa shape index (κ3) is 5.70. The highest BCUT2D eigenvalue weighted by atomic mass is 32.3. The number of rotatable bonds is 8. The summed E-state index contributed by atoms with van der Waals surface area (Å²) in [6.07, 6.45) is 0. The van der Waals surface area contributed by atoms with Crippen LogP contribution in [0.1, 0.15) is 30.9 Å². The van der Waals surface area contributed by atoms with Crippen LogP contribution in [0.3, 0.4) is 0 Å². The average molecular weight is 514 g/mol. The average Bonchev–Trinajstić information content (AvgIpc) is 2.77. The van der Waals surface area contributed by atoms with Gasteiger partial charge in [0.25, 0.3) is 10.0 Å². The number of hydrogen-bond donors (Lipinski definition) is 0. The van der Waals surface area contributed by atoms with E-state index in [1.54, 1.807) is 48.5 Å². The standard InChI is InChI=1S/C27H35NO3S2Si/c1-21(2)26(23-13-9-7-10-14-23)27(34(4,5)6)32(29,24-15-11-8-12-16-24)28-33(30,31)25-19-17-22(3)18-20-25/h7-21,26-27H,1-6H3. The second kappa shape index (κ2) is 10.2. The van der Waals surface area contributed by atoms with Crippen molar-refractivity contribution in [3.8, 4) is 0 Å². The summed E-state index contributed by atoms with van der Waals surface area (Å²) in [5.41, 5.74) is 2.02. The lowest BCUT2D eigenvalue weighted by Gasteiger charge is -2.40. The van der Waals surface area contributed by atoms with Gasteiger partial charge in [-0.15, -0.1) is 3.77 Å². The third-order valence-electron chi connectivity index (χ3n) is 6.04. The molecular formula is C27H35NO3S2Si. The predicted octanol–water partition coefficient (Wildman–Crippen LogP) is 6.90. The smallest absolute Gasteiger partial charge is 0.244 e. The Morgan fingerprint density at radius 3 is 1.68 bits per heavy atom. The zero-order valence-corrected chi connectivity index (χ0v) is 23.4. The molecule has 0 amide bonds. The minimum atomic E-state index is -4.16. The van der Waals surface area contributed by atoms with Gasteiger partial charge < -0.3 is 0 Å². The molecule has 0 heterocycles. The molecule has 3 rings (SSSR count). The van der Waals surface area contributed by atoms with E-state index in [0.717, 1.165) is 11.1 Å². The first-order valence-electron chi connectivity index (χ1n) is 11.6. The van der Waals surface area contributed by atoms with Gasteiger partial charge in [-0.1, -0.05) is 99.7 Å². The van der Waals surface area contributed by atoms with Gasteiger partial charge in [-0.3, -0.25) is 0 Å². The lowest BCUT2D eigenvalue weighted by atomic mass is 9.90. The molecule has 0 N–H and O–H groups in total. The van der Waals surface area contributed by atoms with E-state index in [-0.39, 0.29) is 16.7 Å². The highest BCUT2D eigenvalue weighted by Crippen LogP contribution is 2.41. The molecule has 34 heavy (non-hydrogen) atoms. The van der Waals surface area contributed by atoms with E-state index in [4.69, 9.17) is 0 Å². The van der Waals surface area contributed by atoms with Crippen molar-refractivity contribution in [2.45, 2.75) is 61.0 Å². The molecule has 3 aromatic carbocycles. The molecule has 0 aliphatic carbocycles. The molecule has 7 heteroatoms. The van der Waals surface area contributed by atoms with Crippen LogP contribution in [0.5, 0.6) is 0 Å². The summed E-state index contributed by atoms with van der Waals surface area (Å²) in [6, 6.07) is 25.6. The summed E-state index contributed by atoms with van der Waals surface area (Å²) in [5.74, 6) is 0.0264. The van der Waals surface area contributed by atoms with Gasteiger partial charge in [0, 0.05) is 9.77 Å². The Balaban J connectivity index is 2.39. The summed E-state index contributed by atoms with van der Waals surface area (Å²) in [5, 5.41) is 0. The van der Waals surface area contributed by atoms with Crippen molar-refractivity contribution in [3.63, 3.8) is 0 Å². The number of aryl methyl sites for hydroxylation is 1. The number of sulfonamides is 1. The van der Waals surface area contributed by atoms with Crippen molar-refractivity contribution in [2.24, 2.45) is 9.69 Å². The van der Waals surface area contributed by atoms with Crippen molar-refractivity contribution in [1.82, 2.24) is 0 Å². The Morgan fingerprint density at radius 1 is 0.706 bits per heavy atom. The SMILES string of the molecule is Cc1ccc(S(=O)(=O)N=S(=O)(c2ccccc2)C(C(c2ccccc2)C(C)C)[Si](C)(C)C)cc1. The van der Waals surface area contributed by atoms with Crippen LogP contribution in [0.4, 0.5) is 0 Å². The predicted molar refractivity (Wildman–Crippen MR) is 145 cm³/mol. The summed E-state index contributed by atoms with van der Waals surface area (Å²) in [7, 11) is -9.79. The Hall–Kier alpha value is -2.22. The Bertz CT molecular complexity index is 1320. The van der Waals surface area contributed by atoms with Crippen LogP contribution in [0, 0.1) is 12.8 Å². The zero-order valence-electron chi connectivity index (χ0n) is 20.8. The van der Waals surface area contributed by atoms with Crippen molar-refractivity contribution < 1.29 is 12.6 Å². The highest BCUT2D eigenvalue weighted by molar-refractivity contribution is 8.04. The van der Waals surface area contributed by atoms with Gasteiger partial charge in [-0.05, 0) is 48.6 Å². The van der Waals surface area contributed by atoms with E-state index < -0.39 is 32.7 Å². The van der Waals surface area contributed by atoms with Crippen molar-refractivity contribution in [2.75, 3.05) is 0 Å². The summed E-state index contributed by atoms with van der Waals surface area (Å²) in [6.45, 7) is 12.6. The molecule has 0 aromatic heterocycles. The molecule has 0 saturated carbocycles. The molecule has 0 fully saturated rings. The van der Waals surface area contributed by atoms with Gasteiger partial charge in [0.2, 0.25) is 0 Å². The number of nitrogens with zero attached hydrogens (tertiary/aromatic N) is 1. The topological polar surface area (TPSA) is 63.6 Å². The van der Waals surface area contributed by atoms with Crippen molar-refractivity contribution in [3.05, 3.63) is 96.1 Å². The molecule has 0 saturated heterocycles. The van der Waals surface area contributed by atoms with Gasteiger partial charge in [0.15, 0.2) is 0 Å². The number of hydrogen-bond acceptors (Lipinski definition) is 3. The zero-order chi connectivity index (χ0) is 25.1. The lowest BCUT2D eigenvalue weighted by molar-refractivity contribution is 0.511. The fourth-order valence-electron chi connectivity index (χ4n) is 4.55. The summed E-state index contributed by atoms with van der Waals surface area (Å²) < 4.78 is 46.7. The highest BCUT2D eigenvalue weighted by Gasteiger charge is 2.45. The Kier molecular flexibility index (Phi) is 7.90. The van der Waals surface area contributed by atoms with E-state index >= 15 is 4.21 Å². The van der Waals surface area contributed by atoms with Crippen LogP contribution in [0.15, 0.2) is 98.5 Å². The quantitative estimate of drug-likeness (QED) is 0.308. The molecule has 0 radical (unpaired) electrons. The Labute approximate surface area is 206 Å². The van der Waals surface area contributed by atoms with Crippen LogP contribution in [-0.4, -0.2) is 25.6 Å². The first-order chi connectivity index (χ1) is 15.9. The van der Waals surface area contributed by atoms with Crippen LogP contribution < -0.4 is 0 Å². The van der Waals surface area contributed by atoms with Crippen LogP contribution in [0.2, 0.25) is 19.6 Å². The maximum atomic E-state index is 15.2. The van der Waals surface area contributed by atoms with Gasteiger partial charge in [0.05, 0.1) is 22.7 Å². The lowest BCUT2D eigenvalue weighted by Crippen LogP contribution is -2.49. The Morgan fingerprint density at radius 2 is 1.21 bits per heavy atom. The minimum absolute atomic E-state index is 0.0666. The van der Waals surface area contributed by atoms with E-state index in [1.807, 2.05) is 31.2 Å². The van der Waals surface area contributed by atoms with Crippen LogP contribution in [-0.2, 0) is 19.8 Å². The minimum Gasteiger partial charge on any atom is -0.244 e. The maximum absolute atomic E-state index is 15.2. The first-order valence-corrected chi connectivity index (χ1v) is 18.1. The molecule has 0 bridgehead atoms. The van der Waals surface area contributed by atoms with Crippen LogP contribution in [0.25, 0.3) is 0 Å². The third-order valence-corrected chi connectivity index (χ3v) is 15.6. The molecule has 182 valence electrons. The fraction of sp³-hybridized carbons (Fsp3) is 0.333. The molecule has 3 aromatic rings. The molecular weight excluding hydrogens is 479 g/mol. The first kappa shape index (κ1) is 26.4. The normalized spacial score (nSPS) is 16.0. The molecule has 0 aliphatic heterocycles.